The van der Waals surface area contributed by atoms with E-state index >= 15 is 0 Å². The molecule has 1 amide bonds. The highest BCUT2D eigenvalue weighted by Gasteiger charge is 2.40. The van der Waals surface area contributed by atoms with Gasteiger partial charge in [0.15, 0.2) is 0 Å². The number of carbonyl (C=O) groups is 1. The average Bonchev–Trinajstić information content (AvgIpc) is 3.68. The summed E-state index contributed by atoms with van der Waals surface area (Å²) in [6.07, 6.45) is 6.56. The van der Waals surface area contributed by atoms with Crippen molar-refractivity contribution in [1.29, 1.82) is 0 Å². The summed E-state index contributed by atoms with van der Waals surface area (Å²) in [4.78, 5) is 23.9. The van der Waals surface area contributed by atoms with Crippen LogP contribution in [0.15, 0.2) is 42.7 Å². The molecule has 1 aromatic heterocycles. The zero-order valence-electron chi connectivity index (χ0n) is 18.9. The van der Waals surface area contributed by atoms with E-state index in [0.717, 1.165) is 27.8 Å². The summed E-state index contributed by atoms with van der Waals surface area (Å²) in [7, 11) is 0. The first kappa shape index (κ1) is 20.9. The topological polar surface area (TPSA) is 58.1 Å². The largest absolute Gasteiger partial charge is 0.351 e. The van der Waals surface area contributed by atoms with Gasteiger partial charge in [-0.3, -0.25) is 4.79 Å². The molecule has 32 heavy (non-hydrogen) atoms. The minimum Gasteiger partial charge on any atom is -0.351 e. The molecule has 0 aliphatic heterocycles. The summed E-state index contributed by atoms with van der Waals surface area (Å²) < 4.78 is 14.5. The quantitative estimate of drug-likeness (QED) is 0.580. The fourth-order valence-electron chi connectivity index (χ4n) is 4.11. The predicted octanol–water partition coefficient (Wildman–Crippen LogP) is 5.23. The molecule has 0 unspecified atom stereocenters. The Balaban J connectivity index is 1.48. The molecule has 1 heterocycles. The standard InChI is InChI=1S/C26H29FN4O/c1-26(2,3)25(32)28-14-18-12-16(4-10-22(18)27)17-5-11-23-21(13-17)24(30-15-29-23)31(19-6-7-19)20-8-9-20/h4-5,10-13,15,19-20H,6-9,14H2,1-3H3,(H,28,32). The lowest BCUT2D eigenvalue weighted by atomic mass is 9.95. The Bertz CT molecular complexity index is 1170. The molecular weight excluding hydrogens is 403 g/mol. The third-order valence-electron chi connectivity index (χ3n) is 6.24. The van der Waals surface area contributed by atoms with Crippen LogP contribution in [0.4, 0.5) is 10.2 Å². The number of nitrogens with one attached hydrogen (secondary N) is 1. The first-order chi connectivity index (χ1) is 15.3. The fourth-order valence-corrected chi connectivity index (χ4v) is 4.11. The van der Waals surface area contributed by atoms with Gasteiger partial charge in [-0.05, 0) is 61.1 Å². The normalized spacial score (nSPS) is 16.2. The Morgan fingerprint density at radius 2 is 1.69 bits per heavy atom. The van der Waals surface area contributed by atoms with Crippen molar-refractivity contribution >= 4 is 22.6 Å². The van der Waals surface area contributed by atoms with E-state index in [1.54, 1.807) is 12.4 Å². The average molecular weight is 433 g/mol. The third-order valence-corrected chi connectivity index (χ3v) is 6.24. The lowest BCUT2D eigenvalue weighted by molar-refractivity contribution is -0.128. The van der Waals surface area contributed by atoms with Gasteiger partial charge in [-0.2, -0.15) is 0 Å². The molecule has 0 atom stereocenters. The summed E-state index contributed by atoms with van der Waals surface area (Å²) in [6, 6.07) is 12.4. The van der Waals surface area contributed by atoms with Crippen LogP contribution in [0.1, 0.15) is 52.0 Å². The molecule has 5 nitrogen and oxygen atoms in total. The van der Waals surface area contributed by atoms with Gasteiger partial charge in [-0.25, -0.2) is 14.4 Å². The number of benzene rings is 2. The summed E-state index contributed by atoms with van der Waals surface area (Å²) in [5.41, 5.74) is 2.78. The van der Waals surface area contributed by atoms with Crippen LogP contribution in [0.5, 0.6) is 0 Å². The summed E-state index contributed by atoms with van der Waals surface area (Å²) in [5.74, 6) is 0.595. The van der Waals surface area contributed by atoms with Gasteiger partial charge in [-0.15, -0.1) is 0 Å². The van der Waals surface area contributed by atoms with E-state index in [0.29, 0.717) is 17.6 Å². The molecular formula is C26H29FN4O. The Morgan fingerprint density at radius 1 is 1.03 bits per heavy atom. The van der Waals surface area contributed by atoms with Crippen molar-refractivity contribution in [2.45, 2.75) is 65.1 Å². The van der Waals surface area contributed by atoms with Crippen molar-refractivity contribution in [2.75, 3.05) is 4.90 Å². The van der Waals surface area contributed by atoms with Gasteiger partial charge in [0, 0.05) is 35.0 Å². The van der Waals surface area contributed by atoms with Gasteiger partial charge >= 0.3 is 0 Å². The molecule has 0 saturated heterocycles. The van der Waals surface area contributed by atoms with Gasteiger partial charge in [-0.1, -0.05) is 32.9 Å². The molecule has 0 spiro atoms. The summed E-state index contributed by atoms with van der Waals surface area (Å²) in [6.45, 7) is 5.69. The van der Waals surface area contributed by atoms with E-state index in [1.165, 1.54) is 31.7 Å². The van der Waals surface area contributed by atoms with E-state index in [1.807, 2.05) is 39.0 Å². The SMILES string of the molecule is CC(C)(C)C(=O)NCc1cc(-c2ccc3ncnc(N(C4CC4)C4CC4)c3c2)ccc1F. The van der Waals surface area contributed by atoms with Crippen LogP contribution in [-0.4, -0.2) is 28.0 Å². The van der Waals surface area contributed by atoms with Gasteiger partial charge in [0.25, 0.3) is 0 Å². The number of nitrogens with zero attached hydrogens (tertiary/aromatic N) is 3. The van der Waals surface area contributed by atoms with E-state index in [9.17, 15) is 9.18 Å². The number of amides is 1. The van der Waals surface area contributed by atoms with E-state index < -0.39 is 5.41 Å². The molecule has 2 aliphatic carbocycles. The monoisotopic (exact) mass is 432 g/mol. The molecule has 5 rings (SSSR count). The van der Waals surface area contributed by atoms with Crippen molar-refractivity contribution in [1.82, 2.24) is 15.3 Å². The first-order valence-electron chi connectivity index (χ1n) is 11.4. The van der Waals surface area contributed by atoms with Crippen LogP contribution in [0.2, 0.25) is 0 Å². The van der Waals surface area contributed by atoms with Crippen LogP contribution < -0.4 is 10.2 Å². The van der Waals surface area contributed by atoms with Gasteiger partial charge in [0.2, 0.25) is 5.91 Å². The van der Waals surface area contributed by atoms with Gasteiger partial charge in [0.05, 0.1) is 5.52 Å². The van der Waals surface area contributed by atoms with Crippen molar-refractivity contribution in [3.05, 3.63) is 54.1 Å². The van der Waals surface area contributed by atoms with Crippen molar-refractivity contribution < 1.29 is 9.18 Å². The van der Waals surface area contributed by atoms with Crippen LogP contribution in [0, 0.1) is 11.2 Å². The number of hydrogen-bond acceptors (Lipinski definition) is 4. The lowest BCUT2D eigenvalue weighted by Gasteiger charge is -2.24. The fraction of sp³-hybridized carbons (Fsp3) is 0.423. The van der Waals surface area contributed by atoms with Crippen LogP contribution >= 0.6 is 0 Å². The molecule has 2 aliphatic rings. The number of fused-ring (bicyclic) bond motifs is 1. The number of anilines is 1. The van der Waals surface area contributed by atoms with Crippen LogP contribution in [0.25, 0.3) is 22.0 Å². The number of halogens is 1. The van der Waals surface area contributed by atoms with E-state index in [2.05, 4.69) is 26.3 Å². The number of carbonyl (C=O) groups excluding carboxylic acids is 1. The smallest absolute Gasteiger partial charge is 0.225 e. The second-order valence-electron chi connectivity index (χ2n) is 10.0. The minimum atomic E-state index is -0.516. The highest BCUT2D eigenvalue weighted by Crippen LogP contribution is 2.42. The Hall–Kier alpha value is -3.02. The number of aromatic nitrogens is 2. The van der Waals surface area contributed by atoms with Crippen LogP contribution in [0.3, 0.4) is 0 Å². The summed E-state index contributed by atoms with van der Waals surface area (Å²) in [5, 5.41) is 3.88. The van der Waals surface area contributed by atoms with Gasteiger partial charge in [0.1, 0.15) is 18.0 Å². The van der Waals surface area contributed by atoms with Gasteiger partial charge < -0.3 is 10.2 Å². The molecule has 6 heteroatoms. The zero-order valence-corrected chi connectivity index (χ0v) is 18.9. The van der Waals surface area contributed by atoms with E-state index in [-0.39, 0.29) is 18.3 Å². The molecule has 2 aromatic carbocycles. The summed E-state index contributed by atoms with van der Waals surface area (Å²) >= 11 is 0. The van der Waals surface area contributed by atoms with Crippen molar-refractivity contribution in [2.24, 2.45) is 5.41 Å². The zero-order chi connectivity index (χ0) is 22.5. The van der Waals surface area contributed by atoms with Crippen molar-refractivity contribution in [3.63, 3.8) is 0 Å². The van der Waals surface area contributed by atoms with Crippen molar-refractivity contribution in [3.8, 4) is 11.1 Å². The van der Waals surface area contributed by atoms with E-state index in [4.69, 9.17) is 0 Å². The Morgan fingerprint density at radius 3 is 2.34 bits per heavy atom. The molecule has 0 radical (unpaired) electrons. The predicted molar refractivity (Wildman–Crippen MR) is 125 cm³/mol. The lowest BCUT2D eigenvalue weighted by Crippen LogP contribution is -2.34. The maximum atomic E-state index is 14.5. The molecule has 0 bridgehead atoms. The Labute approximate surface area is 188 Å². The number of hydrogen-bond donors (Lipinski definition) is 1. The number of rotatable bonds is 6. The van der Waals surface area contributed by atoms with Crippen LogP contribution in [-0.2, 0) is 11.3 Å². The molecule has 2 saturated carbocycles. The molecule has 2 fully saturated rings. The molecule has 1 N–H and O–H groups in total. The minimum absolute atomic E-state index is 0.102. The third kappa shape index (κ3) is 4.18. The molecule has 3 aromatic rings. The Kier molecular flexibility index (Phi) is 5.11. The second kappa shape index (κ2) is 7.84. The first-order valence-corrected chi connectivity index (χ1v) is 11.4. The molecule has 166 valence electrons. The second-order valence-corrected chi connectivity index (χ2v) is 10.0. The maximum Gasteiger partial charge on any atom is 0.225 e. The maximum absolute atomic E-state index is 14.5. The highest BCUT2D eigenvalue weighted by atomic mass is 19.1. The highest BCUT2D eigenvalue weighted by molar-refractivity contribution is 5.93.